The second-order valence-electron chi connectivity index (χ2n) is 7.39. The highest BCUT2D eigenvalue weighted by atomic mass is 32.2. The Hall–Kier alpha value is -3.40. The van der Waals surface area contributed by atoms with Gasteiger partial charge in [-0.1, -0.05) is 18.2 Å². The Bertz CT molecular complexity index is 1200. The zero-order valence-corrected chi connectivity index (χ0v) is 19.6. The summed E-state index contributed by atoms with van der Waals surface area (Å²) in [6.07, 6.45) is 0. The molecule has 2 heterocycles. The summed E-state index contributed by atoms with van der Waals surface area (Å²) in [6.45, 7) is 1.46. The second-order valence-corrected chi connectivity index (χ2v) is 8.62. The Morgan fingerprint density at radius 2 is 1.67 bits per heavy atom. The fourth-order valence-corrected chi connectivity index (χ4v) is 4.73. The van der Waals surface area contributed by atoms with Crippen molar-refractivity contribution in [3.8, 4) is 17.2 Å². The van der Waals surface area contributed by atoms with E-state index in [0.29, 0.717) is 28.3 Å². The molecule has 3 aromatic rings. The van der Waals surface area contributed by atoms with Crippen LogP contribution in [0.4, 0.5) is 11.5 Å². The molecule has 0 atom stereocenters. The minimum Gasteiger partial charge on any atom is -0.493 e. The summed E-state index contributed by atoms with van der Waals surface area (Å²) in [7, 11) is 4.51. The Labute approximate surface area is 195 Å². The molecular weight excluding hydrogens is 444 g/mol. The van der Waals surface area contributed by atoms with Crippen LogP contribution in [0.2, 0.25) is 0 Å². The number of nitrogens with one attached hydrogen (secondary N) is 1. The van der Waals surface area contributed by atoms with Gasteiger partial charge in [0.1, 0.15) is 6.54 Å². The predicted octanol–water partition coefficient (Wildman–Crippen LogP) is 2.61. The smallest absolute Gasteiger partial charge is 0.275 e. The highest BCUT2D eigenvalue weighted by molar-refractivity contribution is 7.99. The summed E-state index contributed by atoms with van der Waals surface area (Å²) in [4.78, 5) is 28.1. The molecule has 0 saturated carbocycles. The average molecular weight is 471 g/mol. The Morgan fingerprint density at radius 1 is 1.03 bits per heavy atom. The van der Waals surface area contributed by atoms with Gasteiger partial charge in [0.05, 0.1) is 26.7 Å². The number of hydrogen-bond acceptors (Lipinski definition) is 8. The summed E-state index contributed by atoms with van der Waals surface area (Å²) in [5.74, 6) is 3.58. The lowest BCUT2D eigenvalue weighted by Crippen LogP contribution is -2.37. The van der Waals surface area contributed by atoms with E-state index in [4.69, 9.17) is 14.2 Å². The number of carbonyl (C=O) groups is 1. The van der Waals surface area contributed by atoms with Gasteiger partial charge in [-0.3, -0.25) is 9.59 Å². The molecule has 1 amide bonds. The molecule has 1 aliphatic heterocycles. The quantitative estimate of drug-likeness (QED) is 0.563. The van der Waals surface area contributed by atoms with E-state index < -0.39 is 5.91 Å². The Morgan fingerprint density at radius 3 is 2.27 bits per heavy atom. The number of ether oxygens (including phenoxy) is 3. The number of methoxy groups -OCH3 is 3. The molecule has 0 radical (unpaired) electrons. The first-order valence-corrected chi connectivity index (χ1v) is 11.6. The maximum Gasteiger partial charge on any atom is 0.275 e. The van der Waals surface area contributed by atoms with Crippen LogP contribution in [0, 0.1) is 0 Å². The fourth-order valence-electron chi connectivity index (χ4n) is 3.82. The van der Waals surface area contributed by atoms with Crippen LogP contribution in [0.15, 0.2) is 41.2 Å². The van der Waals surface area contributed by atoms with Crippen LogP contribution in [0.5, 0.6) is 17.2 Å². The number of anilines is 2. The predicted molar refractivity (Wildman–Crippen MR) is 130 cm³/mol. The van der Waals surface area contributed by atoms with E-state index in [1.54, 1.807) is 18.2 Å². The van der Waals surface area contributed by atoms with Crippen molar-refractivity contribution in [1.82, 2.24) is 9.78 Å². The third-order valence-electron chi connectivity index (χ3n) is 5.40. The Balaban J connectivity index is 1.64. The van der Waals surface area contributed by atoms with Gasteiger partial charge in [-0.2, -0.15) is 16.9 Å². The summed E-state index contributed by atoms with van der Waals surface area (Å²) < 4.78 is 17.2. The first kappa shape index (κ1) is 22.8. The number of rotatable bonds is 7. The van der Waals surface area contributed by atoms with E-state index >= 15 is 0 Å². The molecule has 0 bridgehead atoms. The van der Waals surface area contributed by atoms with Crippen molar-refractivity contribution in [2.24, 2.45) is 0 Å². The van der Waals surface area contributed by atoms with Crippen LogP contribution in [0.25, 0.3) is 10.8 Å². The van der Waals surface area contributed by atoms with Crippen LogP contribution in [0.3, 0.4) is 0 Å². The molecule has 1 aromatic heterocycles. The standard InChI is InChI=1S/C23H26N4O5S/c1-30-18-12-15(13-19(31-2)21(18)32-3)24-20(28)14-27-23(29)17-7-5-4-6-16(17)22(25-27)26-8-10-33-11-9-26/h4-7,12-13H,8-11,14H2,1-3H3,(H,24,28). The van der Waals surface area contributed by atoms with E-state index in [1.165, 1.54) is 26.0 Å². The molecule has 1 saturated heterocycles. The van der Waals surface area contributed by atoms with Crippen LogP contribution in [-0.2, 0) is 11.3 Å². The van der Waals surface area contributed by atoms with Crippen molar-refractivity contribution in [3.63, 3.8) is 0 Å². The highest BCUT2D eigenvalue weighted by Gasteiger charge is 2.20. The Kier molecular flexibility index (Phi) is 6.93. The number of thioether (sulfide) groups is 1. The third-order valence-corrected chi connectivity index (χ3v) is 6.34. The van der Waals surface area contributed by atoms with Crippen molar-refractivity contribution in [2.75, 3.05) is 56.1 Å². The molecular formula is C23H26N4O5S. The number of aromatic nitrogens is 2. The highest BCUT2D eigenvalue weighted by Crippen LogP contribution is 2.39. The molecule has 10 heteroatoms. The minimum absolute atomic E-state index is 0.226. The fraction of sp³-hybridized carbons (Fsp3) is 0.348. The SMILES string of the molecule is COc1cc(NC(=O)Cn2nc(N3CCSCC3)c3ccccc3c2=O)cc(OC)c1OC. The lowest BCUT2D eigenvalue weighted by molar-refractivity contribution is -0.117. The van der Waals surface area contributed by atoms with Crippen molar-refractivity contribution in [2.45, 2.75) is 6.54 Å². The molecule has 4 rings (SSSR count). The normalized spacial score (nSPS) is 13.6. The maximum atomic E-state index is 13.1. The lowest BCUT2D eigenvalue weighted by atomic mass is 10.1. The van der Waals surface area contributed by atoms with Gasteiger partial charge >= 0.3 is 0 Å². The average Bonchev–Trinajstić information content (AvgIpc) is 2.85. The maximum absolute atomic E-state index is 13.1. The van der Waals surface area contributed by atoms with Crippen LogP contribution in [-0.4, -0.2) is 61.6 Å². The van der Waals surface area contributed by atoms with Gasteiger partial charge in [-0.15, -0.1) is 0 Å². The van der Waals surface area contributed by atoms with E-state index in [2.05, 4.69) is 15.3 Å². The molecule has 1 aliphatic rings. The second kappa shape index (κ2) is 10.0. The number of nitrogens with zero attached hydrogens (tertiary/aromatic N) is 3. The topological polar surface area (TPSA) is 94.9 Å². The number of carbonyl (C=O) groups excluding carboxylic acids is 1. The van der Waals surface area contributed by atoms with Gasteiger partial charge in [-0.05, 0) is 6.07 Å². The number of amides is 1. The largest absolute Gasteiger partial charge is 0.493 e. The summed E-state index contributed by atoms with van der Waals surface area (Å²) in [5, 5.41) is 8.73. The molecule has 0 unspecified atom stereocenters. The van der Waals surface area contributed by atoms with Gasteiger partial charge in [0.25, 0.3) is 5.56 Å². The number of hydrogen-bond donors (Lipinski definition) is 1. The lowest BCUT2D eigenvalue weighted by Gasteiger charge is -2.28. The van der Waals surface area contributed by atoms with Crippen molar-refractivity contribution >= 4 is 39.9 Å². The first-order valence-electron chi connectivity index (χ1n) is 10.5. The molecule has 1 N–H and O–H groups in total. The summed E-state index contributed by atoms with van der Waals surface area (Å²) in [5.41, 5.74) is 0.150. The van der Waals surface area contributed by atoms with Gasteiger partial charge in [0.15, 0.2) is 17.3 Å². The van der Waals surface area contributed by atoms with Crippen LogP contribution >= 0.6 is 11.8 Å². The first-order chi connectivity index (χ1) is 16.0. The van der Waals surface area contributed by atoms with Gasteiger partial charge in [0.2, 0.25) is 11.7 Å². The molecule has 174 valence electrons. The molecule has 1 fully saturated rings. The van der Waals surface area contributed by atoms with Crippen LogP contribution < -0.4 is 30.0 Å². The number of fused-ring (bicyclic) bond motifs is 1. The van der Waals surface area contributed by atoms with E-state index in [0.717, 1.165) is 35.8 Å². The zero-order chi connectivity index (χ0) is 23.4. The molecule has 2 aromatic carbocycles. The van der Waals surface area contributed by atoms with Crippen molar-refractivity contribution in [3.05, 3.63) is 46.8 Å². The van der Waals surface area contributed by atoms with Crippen LogP contribution in [0.1, 0.15) is 0 Å². The van der Waals surface area contributed by atoms with Crippen molar-refractivity contribution < 1.29 is 19.0 Å². The minimum atomic E-state index is -0.394. The summed E-state index contributed by atoms with van der Waals surface area (Å²) in [6, 6.07) is 10.7. The molecule has 9 nitrogen and oxygen atoms in total. The van der Waals surface area contributed by atoms with E-state index in [1.807, 2.05) is 30.0 Å². The molecule has 0 aliphatic carbocycles. The van der Waals surface area contributed by atoms with Crippen molar-refractivity contribution in [1.29, 1.82) is 0 Å². The molecule has 33 heavy (non-hydrogen) atoms. The third kappa shape index (κ3) is 4.70. The number of benzene rings is 2. The zero-order valence-electron chi connectivity index (χ0n) is 18.8. The molecule has 0 spiro atoms. The van der Waals surface area contributed by atoms with Gasteiger partial charge in [-0.25, -0.2) is 4.68 Å². The monoisotopic (exact) mass is 470 g/mol. The summed E-state index contributed by atoms with van der Waals surface area (Å²) >= 11 is 1.89. The van der Waals surface area contributed by atoms with Gasteiger partial charge in [0, 0.05) is 47.8 Å². The van der Waals surface area contributed by atoms with E-state index in [9.17, 15) is 9.59 Å². The van der Waals surface area contributed by atoms with Gasteiger partial charge < -0.3 is 24.4 Å². The van der Waals surface area contributed by atoms with E-state index in [-0.39, 0.29) is 12.1 Å².